The molecule has 1 heterocycles. The molecule has 1 saturated carbocycles. The second-order valence-corrected chi connectivity index (χ2v) is 6.38. The van der Waals surface area contributed by atoms with Crippen molar-refractivity contribution in [1.82, 2.24) is 10.3 Å². The molecule has 0 saturated heterocycles. The number of nitrogens with zero attached hydrogens (tertiary/aromatic N) is 1. The number of amides is 1. The monoisotopic (exact) mass is 294 g/mol. The van der Waals surface area contributed by atoms with E-state index in [1.54, 1.807) is 0 Å². The fourth-order valence-corrected chi connectivity index (χ4v) is 3.51. The predicted molar refractivity (Wildman–Crippen MR) is 78.2 cm³/mol. The molecule has 0 bridgehead atoms. The zero-order chi connectivity index (χ0) is 14.5. The highest BCUT2D eigenvalue weighted by atomic mass is 32.2. The maximum Gasteiger partial charge on any atom is 0.337 e. The number of pyridine rings is 1. The Morgan fingerprint density at radius 1 is 1.45 bits per heavy atom. The number of aromatic carboxylic acids is 1. The standard InChI is InChI=1S/C14H18N2O3S/c1-2-20-11-5-4-10(7-11)16-13(17)12-6-3-9(8-15-12)14(18)19/h3,6,8,10-11H,2,4-5,7H2,1H3,(H,16,17)(H,18,19). The first-order valence-electron chi connectivity index (χ1n) is 6.72. The molecule has 2 atom stereocenters. The van der Waals surface area contributed by atoms with Gasteiger partial charge in [0.15, 0.2) is 0 Å². The Morgan fingerprint density at radius 2 is 2.25 bits per heavy atom. The average molecular weight is 294 g/mol. The molecule has 1 aromatic heterocycles. The van der Waals surface area contributed by atoms with Gasteiger partial charge in [-0.3, -0.25) is 9.78 Å². The largest absolute Gasteiger partial charge is 0.478 e. The highest BCUT2D eigenvalue weighted by molar-refractivity contribution is 7.99. The van der Waals surface area contributed by atoms with E-state index in [1.807, 2.05) is 11.8 Å². The Labute approximate surface area is 122 Å². The Bertz CT molecular complexity index is 490. The summed E-state index contributed by atoms with van der Waals surface area (Å²) in [6, 6.07) is 3.05. The fraction of sp³-hybridized carbons (Fsp3) is 0.500. The van der Waals surface area contributed by atoms with Gasteiger partial charge in [-0.25, -0.2) is 4.79 Å². The van der Waals surface area contributed by atoms with Crippen molar-refractivity contribution in [2.75, 3.05) is 5.75 Å². The molecular weight excluding hydrogens is 276 g/mol. The van der Waals surface area contributed by atoms with E-state index in [4.69, 9.17) is 5.11 Å². The summed E-state index contributed by atoms with van der Waals surface area (Å²) in [4.78, 5) is 26.6. The van der Waals surface area contributed by atoms with E-state index in [-0.39, 0.29) is 23.2 Å². The van der Waals surface area contributed by atoms with Crippen LogP contribution in [0.5, 0.6) is 0 Å². The maximum atomic E-state index is 12.0. The van der Waals surface area contributed by atoms with Crippen LogP contribution in [-0.4, -0.2) is 39.0 Å². The van der Waals surface area contributed by atoms with Gasteiger partial charge < -0.3 is 10.4 Å². The molecule has 0 spiro atoms. The number of hydrogen-bond donors (Lipinski definition) is 2. The molecule has 1 aromatic rings. The van der Waals surface area contributed by atoms with Gasteiger partial charge in [-0.1, -0.05) is 6.92 Å². The van der Waals surface area contributed by atoms with Crippen molar-refractivity contribution in [2.24, 2.45) is 0 Å². The average Bonchev–Trinajstić information content (AvgIpc) is 2.86. The normalized spacial score (nSPS) is 21.6. The summed E-state index contributed by atoms with van der Waals surface area (Å²) in [5, 5.41) is 12.4. The first kappa shape index (κ1) is 14.8. The van der Waals surface area contributed by atoms with Gasteiger partial charge in [0.2, 0.25) is 0 Å². The molecule has 1 amide bonds. The van der Waals surface area contributed by atoms with E-state index in [2.05, 4.69) is 17.2 Å². The lowest BCUT2D eigenvalue weighted by atomic mass is 10.2. The molecule has 108 valence electrons. The Balaban J connectivity index is 1.90. The fourth-order valence-electron chi connectivity index (χ4n) is 2.37. The number of carbonyl (C=O) groups is 2. The molecular formula is C14H18N2O3S. The van der Waals surface area contributed by atoms with Crippen LogP contribution in [-0.2, 0) is 0 Å². The van der Waals surface area contributed by atoms with Crippen LogP contribution in [0.1, 0.15) is 47.0 Å². The Morgan fingerprint density at radius 3 is 2.85 bits per heavy atom. The second kappa shape index (κ2) is 6.74. The van der Waals surface area contributed by atoms with Gasteiger partial charge in [0.25, 0.3) is 5.91 Å². The number of carboxylic acids is 1. The zero-order valence-corrected chi connectivity index (χ0v) is 12.2. The predicted octanol–water partition coefficient (Wildman–Crippen LogP) is 2.18. The van der Waals surface area contributed by atoms with Gasteiger partial charge in [-0.2, -0.15) is 11.8 Å². The smallest absolute Gasteiger partial charge is 0.337 e. The minimum absolute atomic E-state index is 0.0850. The summed E-state index contributed by atoms with van der Waals surface area (Å²) in [6.45, 7) is 2.14. The molecule has 2 N–H and O–H groups in total. The summed E-state index contributed by atoms with van der Waals surface area (Å²) in [5.74, 6) is -0.169. The maximum absolute atomic E-state index is 12.0. The van der Waals surface area contributed by atoms with E-state index in [9.17, 15) is 9.59 Å². The minimum Gasteiger partial charge on any atom is -0.478 e. The highest BCUT2D eigenvalue weighted by Crippen LogP contribution is 2.29. The van der Waals surface area contributed by atoms with Crippen molar-refractivity contribution in [3.8, 4) is 0 Å². The number of rotatable bonds is 5. The van der Waals surface area contributed by atoms with Crippen LogP contribution < -0.4 is 5.32 Å². The summed E-state index contributed by atoms with van der Waals surface area (Å²) >= 11 is 1.94. The molecule has 1 aliphatic carbocycles. The lowest BCUT2D eigenvalue weighted by Crippen LogP contribution is -2.33. The summed E-state index contributed by atoms with van der Waals surface area (Å²) in [6.07, 6.45) is 4.34. The van der Waals surface area contributed by atoms with Crippen molar-refractivity contribution in [1.29, 1.82) is 0 Å². The second-order valence-electron chi connectivity index (χ2n) is 4.80. The Kier molecular flexibility index (Phi) is 5.00. The lowest BCUT2D eigenvalue weighted by Gasteiger charge is -2.12. The molecule has 0 aromatic carbocycles. The molecule has 6 heteroatoms. The van der Waals surface area contributed by atoms with Crippen LogP contribution in [0.3, 0.4) is 0 Å². The first-order chi connectivity index (χ1) is 9.60. The summed E-state index contributed by atoms with van der Waals surface area (Å²) in [5.41, 5.74) is 0.350. The van der Waals surface area contributed by atoms with E-state index in [0.717, 1.165) is 25.0 Å². The van der Waals surface area contributed by atoms with Crippen molar-refractivity contribution >= 4 is 23.6 Å². The van der Waals surface area contributed by atoms with Crippen molar-refractivity contribution in [3.05, 3.63) is 29.6 Å². The SMILES string of the molecule is CCSC1CCC(NC(=O)c2ccc(C(=O)O)cn2)C1. The Hall–Kier alpha value is -1.56. The van der Waals surface area contributed by atoms with Crippen molar-refractivity contribution in [2.45, 2.75) is 37.5 Å². The molecule has 1 fully saturated rings. The third kappa shape index (κ3) is 3.72. The number of nitrogens with one attached hydrogen (secondary N) is 1. The van der Waals surface area contributed by atoms with Crippen molar-refractivity contribution in [3.63, 3.8) is 0 Å². The number of aromatic nitrogens is 1. The van der Waals surface area contributed by atoms with E-state index >= 15 is 0 Å². The van der Waals surface area contributed by atoms with E-state index < -0.39 is 5.97 Å². The quantitative estimate of drug-likeness (QED) is 0.870. The zero-order valence-electron chi connectivity index (χ0n) is 11.3. The van der Waals surface area contributed by atoms with Crippen molar-refractivity contribution < 1.29 is 14.7 Å². The summed E-state index contributed by atoms with van der Waals surface area (Å²) in [7, 11) is 0. The van der Waals surface area contributed by atoms with Crippen LogP contribution >= 0.6 is 11.8 Å². The third-order valence-electron chi connectivity index (χ3n) is 3.37. The van der Waals surface area contributed by atoms with Crippen LogP contribution in [0.25, 0.3) is 0 Å². The number of carboxylic acid groups (broad SMARTS) is 1. The van der Waals surface area contributed by atoms with E-state index in [0.29, 0.717) is 5.25 Å². The highest BCUT2D eigenvalue weighted by Gasteiger charge is 2.26. The van der Waals surface area contributed by atoms with Gasteiger partial charge in [0.1, 0.15) is 5.69 Å². The van der Waals surface area contributed by atoms with Gasteiger partial charge in [-0.15, -0.1) is 0 Å². The molecule has 5 nitrogen and oxygen atoms in total. The van der Waals surface area contributed by atoms with Gasteiger partial charge >= 0.3 is 5.97 Å². The van der Waals surface area contributed by atoms with Gasteiger partial charge in [0.05, 0.1) is 5.56 Å². The first-order valence-corrected chi connectivity index (χ1v) is 7.76. The molecule has 0 radical (unpaired) electrons. The van der Waals surface area contributed by atoms with Crippen LogP contribution in [0, 0.1) is 0 Å². The third-order valence-corrected chi connectivity index (χ3v) is 4.60. The van der Waals surface area contributed by atoms with Crippen LogP contribution in [0.2, 0.25) is 0 Å². The van der Waals surface area contributed by atoms with E-state index in [1.165, 1.54) is 18.3 Å². The van der Waals surface area contributed by atoms with Crippen LogP contribution in [0.4, 0.5) is 0 Å². The lowest BCUT2D eigenvalue weighted by molar-refractivity contribution is 0.0695. The number of thioether (sulfide) groups is 1. The molecule has 2 rings (SSSR count). The van der Waals surface area contributed by atoms with Gasteiger partial charge in [-0.05, 0) is 37.1 Å². The molecule has 2 unspecified atom stereocenters. The number of carbonyl (C=O) groups excluding carboxylic acids is 1. The molecule has 1 aliphatic rings. The topological polar surface area (TPSA) is 79.3 Å². The number of hydrogen-bond acceptors (Lipinski definition) is 4. The molecule has 0 aliphatic heterocycles. The van der Waals surface area contributed by atoms with Crippen LogP contribution in [0.15, 0.2) is 18.3 Å². The molecule has 20 heavy (non-hydrogen) atoms. The minimum atomic E-state index is -1.04. The summed E-state index contributed by atoms with van der Waals surface area (Å²) < 4.78 is 0. The van der Waals surface area contributed by atoms with Gasteiger partial charge in [0, 0.05) is 17.5 Å².